The maximum atomic E-state index is 12.9. The van der Waals surface area contributed by atoms with Crippen molar-refractivity contribution < 1.29 is 18.8 Å². The van der Waals surface area contributed by atoms with Crippen LogP contribution in [-0.4, -0.2) is 17.4 Å². The second kappa shape index (κ2) is 7.69. The molecule has 0 aliphatic heterocycles. The lowest BCUT2D eigenvalue weighted by Crippen LogP contribution is -2.32. The average molecular weight is 329 g/mol. The van der Waals surface area contributed by atoms with E-state index < -0.39 is 29.3 Å². The molecule has 0 aromatic heterocycles. The van der Waals surface area contributed by atoms with Gasteiger partial charge in [-0.05, 0) is 23.8 Å². The number of para-hydroxylation sites is 2. The third kappa shape index (κ3) is 4.27. The molecule has 0 bridgehead atoms. The molecule has 2 rings (SSSR count). The summed E-state index contributed by atoms with van der Waals surface area (Å²) >= 11 is 0. The third-order valence-electron chi connectivity index (χ3n) is 3.06. The molecule has 0 aliphatic carbocycles. The van der Waals surface area contributed by atoms with Crippen LogP contribution in [0.5, 0.6) is 5.75 Å². The fourth-order valence-corrected chi connectivity index (χ4v) is 1.92. The molecule has 122 valence electrons. The van der Waals surface area contributed by atoms with Gasteiger partial charge in [-0.3, -0.25) is 14.9 Å². The Bertz CT molecular complexity index is 787. The van der Waals surface area contributed by atoms with E-state index in [-0.39, 0.29) is 11.4 Å². The molecule has 7 nitrogen and oxygen atoms in total. The maximum Gasteiger partial charge on any atom is 0.310 e. The highest BCUT2D eigenvalue weighted by atomic mass is 19.1. The van der Waals surface area contributed by atoms with Crippen molar-refractivity contribution in [1.82, 2.24) is 5.32 Å². The second-order valence-electron chi connectivity index (χ2n) is 4.69. The highest BCUT2D eigenvalue weighted by Crippen LogP contribution is 2.25. The Morgan fingerprint density at radius 2 is 1.96 bits per heavy atom. The van der Waals surface area contributed by atoms with Crippen molar-refractivity contribution >= 4 is 11.6 Å². The van der Waals surface area contributed by atoms with Gasteiger partial charge in [0.05, 0.1) is 11.0 Å². The molecule has 0 spiro atoms. The van der Waals surface area contributed by atoms with E-state index in [1.54, 1.807) is 0 Å². The van der Waals surface area contributed by atoms with Crippen LogP contribution in [0.25, 0.3) is 0 Å². The predicted molar refractivity (Wildman–Crippen MR) is 81.5 cm³/mol. The number of nitriles is 1. The summed E-state index contributed by atoms with van der Waals surface area (Å²) in [5.41, 5.74) is 0.151. The molecule has 2 aromatic rings. The molecule has 0 aliphatic rings. The Balaban J connectivity index is 1.99. The molecule has 2 aromatic carbocycles. The standard InChI is InChI=1S/C16H12FN3O4/c17-12-7-5-11(6-8-12)13(9-18)19-16(21)10-24-15-4-2-1-3-14(15)20(22)23/h1-8,13H,10H2,(H,19,21)/t13-/m0/s1. The van der Waals surface area contributed by atoms with E-state index >= 15 is 0 Å². The number of rotatable bonds is 6. The van der Waals surface area contributed by atoms with Gasteiger partial charge in [-0.1, -0.05) is 24.3 Å². The summed E-state index contributed by atoms with van der Waals surface area (Å²) in [4.78, 5) is 22.1. The van der Waals surface area contributed by atoms with Crippen molar-refractivity contribution in [3.05, 3.63) is 70.0 Å². The Labute approximate surface area is 136 Å². The zero-order valence-electron chi connectivity index (χ0n) is 12.3. The van der Waals surface area contributed by atoms with Crippen LogP contribution in [0.4, 0.5) is 10.1 Å². The van der Waals surface area contributed by atoms with Gasteiger partial charge in [0.2, 0.25) is 0 Å². The van der Waals surface area contributed by atoms with Crippen LogP contribution >= 0.6 is 0 Å². The van der Waals surface area contributed by atoms with E-state index in [1.807, 2.05) is 6.07 Å². The number of nitro benzene ring substituents is 1. The van der Waals surface area contributed by atoms with Gasteiger partial charge in [0.15, 0.2) is 12.4 Å². The Morgan fingerprint density at radius 1 is 1.29 bits per heavy atom. The molecule has 0 heterocycles. The number of nitrogens with one attached hydrogen (secondary N) is 1. The molecule has 1 N–H and O–H groups in total. The first-order chi connectivity index (χ1) is 11.5. The molecule has 0 saturated carbocycles. The van der Waals surface area contributed by atoms with Crippen molar-refractivity contribution in [3.63, 3.8) is 0 Å². The van der Waals surface area contributed by atoms with Crippen LogP contribution in [0, 0.1) is 27.3 Å². The number of benzene rings is 2. The van der Waals surface area contributed by atoms with E-state index in [2.05, 4.69) is 5.32 Å². The lowest BCUT2D eigenvalue weighted by molar-refractivity contribution is -0.385. The summed E-state index contributed by atoms with van der Waals surface area (Å²) in [6, 6.07) is 11.7. The third-order valence-corrected chi connectivity index (χ3v) is 3.06. The Hall–Kier alpha value is -3.47. The molecule has 0 radical (unpaired) electrons. The van der Waals surface area contributed by atoms with Crippen molar-refractivity contribution in [2.75, 3.05) is 6.61 Å². The number of carbonyl (C=O) groups is 1. The molecule has 8 heteroatoms. The number of amides is 1. The van der Waals surface area contributed by atoms with E-state index in [0.29, 0.717) is 5.56 Å². The molecule has 0 unspecified atom stereocenters. The topological polar surface area (TPSA) is 105 Å². The first kappa shape index (κ1) is 16.9. The van der Waals surface area contributed by atoms with Gasteiger partial charge in [-0.2, -0.15) is 5.26 Å². The van der Waals surface area contributed by atoms with Crippen molar-refractivity contribution in [3.8, 4) is 11.8 Å². The van der Waals surface area contributed by atoms with Crippen LogP contribution in [0.2, 0.25) is 0 Å². The van der Waals surface area contributed by atoms with Gasteiger partial charge < -0.3 is 10.1 Å². The van der Waals surface area contributed by atoms with Gasteiger partial charge in [0.25, 0.3) is 5.91 Å². The monoisotopic (exact) mass is 329 g/mol. The number of halogens is 1. The summed E-state index contributed by atoms with van der Waals surface area (Å²) in [6.07, 6.45) is 0. The zero-order valence-corrected chi connectivity index (χ0v) is 12.3. The lowest BCUT2D eigenvalue weighted by Gasteiger charge is -2.12. The largest absolute Gasteiger partial charge is 0.477 e. The number of hydrogen-bond acceptors (Lipinski definition) is 5. The SMILES string of the molecule is N#C[C@H](NC(=O)COc1ccccc1[N+](=O)[O-])c1ccc(F)cc1. The molecule has 0 fully saturated rings. The normalized spacial score (nSPS) is 11.2. The summed E-state index contributed by atoms with van der Waals surface area (Å²) in [6.45, 7) is -0.496. The molecule has 1 amide bonds. The van der Waals surface area contributed by atoms with Crippen molar-refractivity contribution in [1.29, 1.82) is 5.26 Å². The van der Waals surface area contributed by atoms with E-state index in [0.717, 1.165) is 0 Å². The minimum atomic E-state index is -0.979. The van der Waals surface area contributed by atoms with Crippen LogP contribution in [-0.2, 0) is 4.79 Å². The van der Waals surface area contributed by atoms with Crippen LogP contribution < -0.4 is 10.1 Å². The average Bonchev–Trinajstić information content (AvgIpc) is 2.59. The highest BCUT2D eigenvalue weighted by Gasteiger charge is 2.17. The van der Waals surface area contributed by atoms with Crippen LogP contribution in [0.3, 0.4) is 0 Å². The van der Waals surface area contributed by atoms with E-state index in [1.165, 1.54) is 48.5 Å². The summed E-state index contributed by atoms with van der Waals surface area (Å²) in [7, 11) is 0. The Morgan fingerprint density at radius 3 is 2.58 bits per heavy atom. The van der Waals surface area contributed by atoms with Crippen molar-refractivity contribution in [2.45, 2.75) is 6.04 Å². The maximum absolute atomic E-state index is 12.9. The number of ether oxygens (including phenoxy) is 1. The van der Waals surface area contributed by atoms with E-state index in [4.69, 9.17) is 10.00 Å². The molecule has 1 atom stereocenters. The molecule has 24 heavy (non-hydrogen) atoms. The number of nitro groups is 1. The highest BCUT2D eigenvalue weighted by molar-refractivity contribution is 5.78. The zero-order chi connectivity index (χ0) is 17.5. The number of nitrogens with zero attached hydrogens (tertiary/aromatic N) is 2. The second-order valence-corrected chi connectivity index (χ2v) is 4.69. The first-order valence-electron chi connectivity index (χ1n) is 6.82. The van der Waals surface area contributed by atoms with Gasteiger partial charge in [-0.15, -0.1) is 0 Å². The first-order valence-corrected chi connectivity index (χ1v) is 6.82. The predicted octanol–water partition coefficient (Wildman–Crippen LogP) is 2.49. The van der Waals surface area contributed by atoms with E-state index in [9.17, 15) is 19.3 Å². The fraction of sp³-hybridized carbons (Fsp3) is 0.125. The minimum absolute atomic E-state index is 0.0482. The number of carbonyl (C=O) groups excluding carboxylic acids is 1. The van der Waals surface area contributed by atoms with Gasteiger partial charge in [0, 0.05) is 6.07 Å². The summed E-state index contributed by atoms with van der Waals surface area (Å²) in [5.74, 6) is -1.14. The molecular formula is C16H12FN3O4. The molecular weight excluding hydrogens is 317 g/mol. The minimum Gasteiger partial charge on any atom is -0.477 e. The lowest BCUT2D eigenvalue weighted by atomic mass is 10.1. The van der Waals surface area contributed by atoms with Crippen LogP contribution in [0.15, 0.2) is 48.5 Å². The molecule has 0 saturated heterocycles. The number of hydrogen-bond donors (Lipinski definition) is 1. The summed E-state index contributed by atoms with van der Waals surface area (Å²) < 4.78 is 18.0. The quantitative estimate of drug-likeness (QED) is 0.647. The summed E-state index contributed by atoms with van der Waals surface area (Å²) in [5, 5.41) is 22.4. The fourth-order valence-electron chi connectivity index (χ4n) is 1.92. The van der Waals surface area contributed by atoms with Gasteiger partial charge in [0.1, 0.15) is 11.9 Å². The van der Waals surface area contributed by atoms with Crippen LogP contribution in [0.1, 0.15) is 11.6 Å². The smallest absolute Gasteiger partial charge is 0.310 e. The van der Waals surface area contributed by atoms with Gasteiger partial charge >= 0.3 is 5.69 Å². The van der Waals surface area contributed by atoms with Crippen molar-refractivity contribution in [2.24, 2.45) is 0 Å². The van der Waals surface area contributed by atoms with Gasteiger partial charge in [-0.25, -0.2) is 4.39 Å². The Kier molecular flexibility index (Phi) is 5.41.